The van der Waals surface area contributed by atoms with Crippen LogP contribution < -0.4 is 10.1 Å². The van der Waals surface area contributed by atoms with E-state index in [2.05, 4.69) is 5.32 Å². The van der Waals surface area contributed by atoms with Crippen molar-refractivity contribution in [3.8, 4) is 5.75 Å². The first kappa shape index (κ1) is 15.0. The Labute approximate surface area is 129 Å². The van der Waals surface area contributed by atoms with Crippen molar-refractivity contribution < 1.29 is 4.74 Å². The molecule has 0 aliphatic heterocycles. The summed E-state index contributed by atoms with van der Waals surface area (Å²) in [6.45, 7) is 4.73. The quantitative estimate of drug-likeness (QED) is 0.821. The largest absolute Gasteiger partial charge is 0.489 e. The van der Waals surface area contributed by atoms with Crippen LogP contribution in [0.2, 0.25) is 10.0 Å². The summed E-state index contributed by atoms with van der Waals surface area (Å²) >= 11 is 11.9. The van der Waals surface area contributed by atoms with E-state index < -0.39 is 0 Å². The van der Waals surface area contributed by atoms with E-state index in [0.717, 1.165) is 17.0 Å². The molecule has 2 nitrogen and oxygen atoms in total. The number of benzene rings is 2. The molecular weight excluding hydrogens is 293 g/mol. The number of hydrogen-bond donors (Lipinski definition) is 1. The topological polar surface area (TPSA) is 21.3 Å². The summed E-state index contributed by atoms with van der Waals surface area (Å²) in [4.78, 5) is 0. The average molecular weight is 310 g/mol. The second kappa shape index (κ2) is 6.87. The van der Waals surface area contributed by atoms with Gasteiger partial charge in [-0.25, -0.2) is 0 Å². The first-order chi connectivity index (χ1) is 9.54. The lowest BCUT2D eigenvalue weighted by atomic mass is 10.2. The van der Waals surface area contributed by atoms with Crippen LogP contribution in [0.4, 0.5) is 5.69 Å². The van der Waals surface area contributed by atoms with Crippen LogP contribution in [0.3, 0.4) is 0 Å². The standard InChI is InChI=1S/C16H17Cl2NO/c1-11-5-3-4-6-16(11)20-12(2)10-19-15-8-13(17)7-14(18)9-15/h3-9,12,19H,10H2,1-2H3. The summed E-state index contributed by atoms with van der Waals surface area (Å²) < 4.78 is 5.90. The lowest BCUT2D eigenvalue weighted by molar-refractivity contribution is 0.233. The molecule has 0 saturated carbocycles. The maximum atomic E-state index is 5.96. The molecule has 2 aromatic carbocycles. The smallest absolute Gasteiger partial charge is 0.122 e. The maximum absolute atomic E-state index is 5.96. The highest BCUT2D eigenvalue weighted by Crippen LogP contribution is 2.23. The van der Waals surface area contributed by atoms with E-state index in [1.165, 1.54) is 0 Å². The Hall–Kier alpha value is -1.38. The molecule has 0 spiro atoms. The van der Waals surface area contributed by atoms with E-state index in [9.17, 15) is 0 Å². The highest BCUT2D eigenvalue weighted by molar-refractivity contribution is 6.35. The van der Waals surface area contributed by atoms with Crippen molar-refractivity contribution in [1.29, 1.82) is 0 Å². The third-order valence-electron chi connectivity index (χ3n) is 2.88. The highest BCUT2D eigenvalue weighted by atomic mass is 35.5. The van der Waals surface area contributed by atoms with Crippen LogP contribution >= 0.6 is 23.2 Å². The van der Waals surface area contributed by atoms with Gasteiger partial charge in [-0.2, -0.15) is 0 Å². The SMILES string of the molecule is Cc1ccccc1OC(C)CNc1cc(Cl)cc(Cl)c1. The summed E-state index contributed by atoms with van der Waals surface area (Å²) in [5.41, 5.74) is 2.02. The summed E-state index contributed by atoms with van der Waals surface area (Å²) in [6.07, 6.45) is 0.0360. The van der Waals surface area contributed by atoms with Crippen molar-refractivity contribution in [2.24, 2.45) is 0 Å². The highest BCUT2D eigenvalue weighted by Gasteiger charge is 2.06. The number of para-hydroxylation sites is 1. The van der Waals surface area contributed by atoms with Crippen molar-refractivity contribution in [2.75, 3.05) is 11.9 Å². The van der Waals surface area contributed by atoms with Crippen LogP contribution in [0.1, 0.15) is 12.5 Å². The van der Waals surface area contributed by atoms with E-state index in [1.54, 1.807) is 6.07 Å². The summed E-state index contributed by atoms with van der Waals surface area (Å²) in [5, 5.41) is 4.51. The van der Waals surface area contributed by atoms with Crippen LogP contribution in [-0.4, -0.2) is 12.6 Å². The van der Waals surface area contributed by atoms with Gasteiger partial charge in [0.05, 0.1) is 6.54 Å². The molecule has 1 atom stereocenters. The third kappa shape index (κ3) is 4.32. The maximum Gasteiger partial charge on any atom is 0.122 e. The molecule has 0 aliphatic carbocycles. The van der Waals surface area contributed by atoms with Gasteiger partial charge in [-0.1, -0.05) is 41.4 Å². The zero-order chi connectivity index (χ0) is 14.5. The van der Waals surface area contributed by atoms with Gasteiger partial charge in [-0.15, -0.1) is 0 Å². The van der Waals surface area contributed by atoms with Crippen LogP contribution in [0.5, 0.6) is 5.75 Å². The fraction of sp³-hybridized carbons (Fsp3) is 0.250. The summed E-state index contributed by atoms with van der Waals surface area (Å²) in [5.74, 6) is 0.908. The van der Waals surface area contributed by atoms with E-state index in [-0.39, 0.29) is 6.10 Å². The van der Waals surface area contributed by atoms with E-state index in [0.29, 0.717) is 16.6 Å². The van der Waals surface area contributed by atoms with Gasteiger partial charge in [-0.05, 0) is 43.7 Å². The second-order valence-corrected chi connectivity index (χ2v) is 5.61. The molecule has 20 heavy (non-hydrogen) atoms. The predicted molar refractivity (Wildman–Crippen MR) is 86.2 cm³/mol. The molecule has 0 aromatic heterocycles. The fourth-order valence-corrected chi connectivity index (χ4v) is 2.39. The zero-order valence-electron chi connectivity index (χ0n) is 11.5. The summed E-state index contributed by atoms with van der Waals surface area (Å²) in [6, 6.07) is 13.4. The molecule has 0 aliphatic rings. The average Bonchev–Trinajstić information content (AvgIpc) is 2.38. The first-order valence-electron chi connectivity index (χ1n) is 6.47. The van der Waals surface area contributed by atoms with Gasteiger partial charge in [-0.3, -0.25) is 0 Å². The number of ether oxygens (including phenoxy) is 1. The Morgan fingerprint density at radius 2 is 1.75 bits per heavy atom. The van der Waals surface area contributed by atoms with E-state index >= 15 is 0 Å². The van der Waals surface area contributed by atoms with Gasteiger partial charge < -0.3 is 10.1 Å². The predicted octanol–water partition coefficient (Wildman–Crippen LogP) is 5.18. The molecule has 1 unspecified atom stereocenters. The molecule has 0 fully saturated rings. The minimum atomic E-state index is 0.0360. The molecule has 0 heterocycles. The van der Waals surface area contributed by atoms with Gasteiger partial charge in [0.15, 0.2) is 0 Å². The van der Waals surface area contributed by atoms with Gasteiger partial charge in [0.1, 0.15) is 11.9 Å². The Morgan fingerprint density at radius 3 is 2.40 bits per heavy atom. The molecule has 4 heteroatoms. The number of aryl methyl sites for hydroxylation is 1. The molecule has 0 saturated heterocycles. The molecular formula is C16H17Cl2NO. The zero-order valence-corrected chi connectivity index (χ0v) is 13.0. The lowest BCUT2D eigenvalue weighted by Gasteiger charge is -2.17. The molecule has 0 amide bonds. The first-order valence-corrected chi connectivity index (χ1v) is 7.22. The molecule has 106 valence electrons. The summed E-state index contributed by atoms with van der Waals surface area (Å²) in [7, 11) is 0. The van der Waals surface area contributed by atoms with E-state index in [1.807, 2.05) is 50.2 Å². The van der Waals surface area contributed by atoms with Crippen molar-refractivity contribution >= 4 is 28.9 Å². The minimum absolute atomic E-state index is 0.0360. The molecule has 0 bridgehead atoms. The number of anilines is 1. The van der Waals surface area contributed by atoms with Gasteiger partial charge in [0.25, 0.3) is 0 Å². The van der Waals surface area contributed by atoms with Crippen LogP contribution in [-0.2, 0) is 0 Å². The Morgan fingerprint density at radius 1 is 1.10 bits per heavy atom. The molecule has 2 rings (SSSR count). The Bertz CT molecular complexity index is 566. The fourth-order valence-electron chi connectivity index (χ4n) is 1.86. The van der Waals surface area contributed by atoms with Gasteiger partial charge in [0.2, 0.25) is 0 Å². The minimum Gasteiger partial charge on any atom is -0.489 e. The number of nitrogens with one attached hydrogen (secondary N) is 1. The number of hydrogen-bond acceptors (Lipinski definition) is 2. The number of rotatable bonds is 5. The normalized spacial score (nSPS) is 12.0. The van der Waals surface area contributed by atoms with Crippen molar-refractivity contribution in [3.63, 3.8) is 0 Å². The monoisotopic (exact) mass is 309 g/mol. The molecule has 0 radical (unpaired) electrons. The second-order valence-electron chi connectivity index (χ2n) is 4.73. The number of halogens is 2. The van der Waals surface area contributed by atoms with Crippen LogP contribution in [0, 0.1) is 6.92 Å². The van der Waals surface area contributed by atoms with Crippen LogP contribution in [0.25, 0.3) is 0 Å². The van der Waals surface area contributed by atoms with Gasteiger partial charge in [0, 0.05) is 15.7 Å². The van der Waals surface area contributed by atoms with Crippen molar-refractivity contribution in [3.05, 3.63) is 58.1 Å². The lowest BCUT2D eigenvalue weighted by Crippen LogP contribution is -2.23. The van der Waals surface area contributed by atoms with E-state index in [4.69, 9.17) is 27.9 Å². The van der Waals surface area contributed by atoms with Crippen molar-refractivity contribution in [2.45, 2.75) is 20.0 Å². The third-order valence-corrected chi connectivity index (χ3v) is 3.31. The molecule has 2 aromatic rings. The Kier molecular flexibility index (Phi) is 5.16. The Balaban J connectivity index is 1.92. The molecule has 1 N–H and O–H groups in total. The van der Waals surface area contributed by atoms with Crippen molar-refractivity contribution in [1.82, 2.24) is 0 Å². The van der Waals surface area contributed by atoms with Crippen LogP contribution in [0.15, 0.2) is 42.5 Å². The van der Waals surface area contributed by atoms with Gasteiger partial charge >= 0.3 is 0 Å².